The minimum atomic E-state index is -0.576. The van der Waals surface area contributed by atoms with Gasteiger partial charge in [-0.05, 0) is 42.5 Å². The van der Waals surface area contributed by atoms with Crippen molar-refractivity contribution in [2.24, 2.45) is 0 Å². The largest absolute Gasteiger partial charge is 0.396 e. The number of hydrogen-bond donors (Lipinski definition) is 1. The predicted molar refractivity (Wildman–Crippen MR) is 68.4 cm³/mol. The zero-order valence-electron chi connectivity index (χ0n) is 8.78. The lowest BCUT2D eigenvalue weighted by atomic mass is 10.0. The third-order valence-electron chi connectivity index (χ3n) is 2.37. The van der Waals surface area contributed by atoms with E-state index in [1.807, 2.05) is 0 Å². The predicted octanol–water partition coefficient (Wildman–Crippen LogP) is 3.40. The second-order valence-electron chi connectivity index (χ2n) is 3.57. The van der Waals surface area contributed by atoms with E-state index in [4.69, 9.17) is 5.73 Å². The topological polar surface area (TPSA) is 43.1 Å². The Morgan fingerprint density at radius 3 is 2.24 bits per heavy atom. The standard InChI is InChI=1S/C13H9BrFNO/c14-10-4-1-8(2-5-10)13(17)9-3-6-12(16)11(15)7-9/h1-7H,16H2. The number of carbonyl (C=O) groups is 1. The number of benzene rings is 2. The molecule has 2 N–H and O–H groups in total. The van der Waals surface area contributed by atoms with Crippen LogP contribution >= 0.6 is 15.9 Å². The molecule has 2 aromatic carbocycles. The van der Waals surface area contributed by atoms with E-state index in [0.717, 1.165) is 10.5 Å². The normalized spacial score (nSPS) is 10.2. The Morgan fingerprint density at radius 1 is 1.06 bits per heavy atom. The molecule has 0 radical (unpaired) electrons. The first-order valence-electron chi connectivity index (χ1n) is 4.93. The average molecular weight is 294 g/mol. The van der Waals surface area contributed by atoms with Crippen molar-refractivity contribution in [3.05, 3.63) is 63.9 Å². The van der Waals surface area contributed by atoms with E-state index >= 15 is 0 Å². The highest BCUT2D eigenvalue weighted by Gasteiger charge is 2.10. The molecule has 86 valence electrons. The van der Waals surface area contributed by atoms with E-state index in [1.54, 1.807) is 24.3 Å². The third kappa shape index (κ3) is 2.53. The van der Waals surface area contributed by atoms with Crippen LogP contribution in [-0.2, 0) is 0 Å². The molecule has 4 heteroatoms. The summed E-state index contributed by atoms with van der Waals surface area (Å²) in [6.45, 7) is 0. The smallest absolute Gasteiger partial charge is 0.193 e. The van der Waals surface area contributed by atoms with Gasteiger partial charge in [0.15, 0.2) is 5.78 Å². The zero-order valence-corrected chi connectivity index (χ0v) is 10.4. The van der Waals surface area contributed by atoms with Crippen LogP contribution < -0.4 is 5.73 Å². The fourth-order valence-electron chi connectivity index (χ4n) is 1.44. The summed E-state index contributed by atoms with van der Waals surface area (Å²) >= 11 is 3.28. The number of hydrogen-bond acceptors (Lipinski definition) is 2. The van der Waals surface area contributed by atoms with E-state index in [2.05, 4.69) is 15.9 Å². The van der Waals surface area contributed by atoms with E-state index in [-0.39, 0.29) is 11.5 Å². The second-order valence-corrected chi connectivity index (χ2v) is 4.49. The maximum atomic E-state index is 13.2. The van der Waals surface area contributed by atoms with Crippen LogP contribution in [0.5, 0.6) is 0 Å². The van der Waals surface area contributed by atoms with Gasteiger partial charge in [0.25, 0.3) is 0 Å². The molecule has 0 atom stereocenters. The van der Waals surface area contributed by atoms with Gasteiger partial charge < -0.3 is 5.73 Å². The highest BCUT2D eigenvalue weighted by molar-refractivity contribution is 9.10. The maximum absolute atomic E-state index is 13.2. The molecule has 0 unspecified atom stereocenters. The van der Waals surface area contributed by atoms with Gasteiger partial charge in [-0.15, -0.1) is 0 Å². The molecule has 0 aromatic heterocycles. The molecule has 2 nitrogen and oxygen atoms in total. The minimum Gasteiger partial charge on any atom is -0.396 e. The highest BCUT2D eigenvalue weighted by atomic mass is 79.9. The van der Waals surface area contributed by atoms with Gasteiger partial charge in [0.05, 0.1) is 5.69 Å². The highest BCUT2D eigenvalue weighted by Crippen LogP contribution is 2.17. The summed E-state index contributed by atoms with van der Waals surface area (Å²) in [6.07, 6.45) is 0. The minimum absolute atomic E-state index is 0.0392. The van der Waals surface area contributed by atoms with E-state index in [1.165, 1.54) is 12.1 Å². The van der Waals surface area contributed by atoms with Crippen molar-refractivity contribution >= 4 is 27.4 Å². The van der Waals surface area contributed by atoms with Crippen LogP contribution in [0.3, 0.4) is 0 Å². The molecule has 0 saturated heterocycles. The summed E-state index contributed by atoms with van der Waals surface area (Å²) in [5.41, 5.74) is 6.20. The first-order chi connectivity index (χ1) is 8.08. The summed E-state index contributed by atoms with van der Waals surface area (Å²) in [5.74, 6) is -0.802. The SMILES string of the molecule is Nc1ccc(C(=O)c2ccc(Br)cc2)cc1F. The van der Waals surface area contributed by atoms with E-state index < -0.39 is 5.82 Å². The van der Waals surface area contributed by atoms with Gasteiger partial charge in [0.1, 0.15) is 5.82 Å². The van der Waals surface area contributed by atoms with Crippen molar-refractivity contribution < 1.29 is 9.18 Å². The molecule has 0 amide bonds. The molecule has 0 aliphatic rings. The summed E-state index contributed by atoms with van der Waals surface area (Å²) in [6, 6.07) is 11.0. The number of nitrogen functional groups attached to an aromatic ring is 1. The van der Waals surface area contributed by atoms with Gasteiger partial charge in [-0.25, -0.2) is 4.39 Å². The van der Waals surface area contributed by atoms with Crippen molar-refractivity contribution in [2.45, 2.75) is 0 Å². The lowest BCUT2D eigenvalue weighted by molar-refractivity contribution is 0.103. The zero-order chi connectivity index (χ0) is 12.4. The number of anilines is 1. The van der Waals surface area contributed by atoms with Gasteiger partial charge in [-0.1, -0.05) is 15.9 Å². The number of carbonyl (C=O) groups excluding carboxylic acids is 1. The monoisotopic (exact) mass is 293 g/mol. The van der Waals surface area contributed by atoms with Crippen LogP contribution in [0.4, 0.5) is 10.1 Å². The molecule has 17 heavy (non-hydrogen) atoms. The van der Waals surface area contributed by atoms with Gasteiger partial charge in [-0.2, -0.15) is 0 Å². The van der Waals surface area contributed by atoms with Crippen molar-refractivity contribution in [3.8, 4) is 0 Å². The molecule has 0 saturated carbocycles. The molecule has 0 aliphatic carbocycles. The van der Waals surface area contributed by atoms with Gasteiger partial charge in [-0.3, -0.25) is 4.79 Å². The Kier molecular flexibility index (Phi) is 3.24. The Balaban J connectivity index is 2.37. The van der Waals surface area contributed by atoms with Crippen LogP contribution in [0.15, 0.2) is 46.9 Å². The van der Waals surface area contributed by atoms with Gasteiger partial charge in [0.2, 0.25) is 0 Å². The molecule has 0 fully saturated rings. The summed E-state index contributed by atoms with van der Waals surface area (Å²) in [5, 5.41) is 0. The average Bonchev–Trinajstić information content (AvgIpc) is 2.33. The quantitative estimate of drug-likeness (QED) is 0.681. The molecule has 0 aliphatic heterocycles. The Bertz CT molecular complexity index is 566. The van der Waals surface area contributed by atoms with Crippen LogP contribution in [0.2, 0.25) is 0 Å². The van der Waals surface area contributed by atoms with Crippen molar-refractivity contribution in [3.63, 3.8) is 0 Å². The van der Waals surface area contributed by atoms with Crippen molar-refractivity contribution in [1.29, 1.82) is 0 Å². The molecular formula is C13H9BrFNO. The molecule has 0 bridgehead atoms. The number of halogens is 2. The van der Waals surface area contributed by atoms with Gasteiger partial charge in [0, 0.05) is 15.6 Å². The first-order valence-corrected chi connectivity index (χ1v) is 5.72. The van der Waals surface area contributed by atoms with Gasteiger partial charge >= 0.3 is 0 Å². The second kappa shape index (κ2) is 4.67. The number of nitrogens with two attached hydrogens (primary N) is 1. The van der Waals surface area contributed by atoms with Crippen molar-refractivity contribution in [2.75, 3.05) is 5.73 Å². The summed E-state index contributed by atoms with van der Waals surface area (Å²) in [7, 11) is 0. The van der Waals surface area contributed by atoms with Crippen LogP contribution in [0.1, 0.15) is 15.9 Å². The van der Waals surface area contributed by atoms with E-state index in [9.17, 15) is 9.18 Å². The fraction of sp³-hybridized carbons (Fsp3) is 0. The first kappa shape index (κ1) is 11.8. The molecule has 0 heterocycles. The molecule has 2 rings (SSSR count). The summed E-state index contributed by atoms with van der Waals surface area (Å²) in [4.78, 5) is 12.0. The lowest BCUT2D eigenvalue weighted by Crippen LogP contribution is -2.02. The Morgan fingerprint density at radius 2 is 1.65 bits per heavy atom. The maximum Gasteiger partial charge on any atom is 0.193 e. The van der Waals surface area contributed by atoms with Crippen LogP contribution in [0, 0.1) is 5.82 Å². The van der Waals surface area contributed by atoms with Crippen molar-refractivity contribution in [1.82, 2.24) is 0 Å². The van der Waals surface area contributed by atoms with E-state index in [0.29, 0.717) is 11.1 Å². The molecular weight excluding hydrogens is 285 g/mol. The summed E-state index contributed by atoms with van der Waals surface area (Å²) < 4.78 is 14.1. The number of ketones is 1. The number of rotatable bonds is 2. The molecule has 0 spiro atoms. The lowest BCUT2D eigenvalue weighted by Gasteiger charge is -2.03. The molecule has 2 aromatic rings. The van der Waals surface area contributed by atoms with Crippen LogP contribution in [-0.4, -0.2) is 5.78 Å². The fourth-order valence-corrected chi connectivity index (χ4v) is 1.70. The van der Waals surface area contributed by atoms with Crippen LogP contribution in [0.25, 0.3) is 0 Å². The Hall–Kier alpha value is -1.68. The third-order valence-corrected chi connectivity index (χ3v) is 2.90. The Labute approximate surface area is 106 Å².